The number of nitrogens with one attached hydrogen (secondary N) is 1. The predicted molar refractivity (Wildman–Crippen MR) is 90.4 cm³/mol. The third kappa shape index (κ3) is 2.80. The first-order valence-corrected chi connectivity index (χ1v) is 9.09. The van der Waals surface area contributed by atoms with Crippen LogP contribution in [0, 0.1) is 5.41 Å². The maximum absolute atomic E-state index is 6.01. The van der Waals surface area contributed by atoms with Crippen molar-refractivity contribution in [1.82, 2.24) is 5.32 Å². The first-order chi connectivity index (χ1) is 10.2. The normalized spacial score (nSPS) is 28.5. The number of hydrogen-bond donors (Lipinski definition) is 1. The summed E-state index contributed by atoms with van der Waals surface area (Å²) in [5.74, 6) is 0. The fraction of sp³-hybridized carbons (Fsp3) is 0.667. The highest BCUT2D eigenvalue weighted by Gasteiger charge is 2.56. The second-order valence-corrected chi connectivity index (χ2v) is 7.44. The third-order valence-corrected chi connectivity index (χ3v) is 6.23. The van der Waals surface area contributed by atoms with Gasteiger partial charge < -0.3 is 10.1 Å². The van der Waals surface area contributed by atoms with Crippen molar-refractivity contribution >= 4 is 15.9 Å². The van der Waals surface area contributed by atoms with Crippen LogP contribution in [0.15, 0.2) is 28.7 Å². The molecule has 0 amide bonds. The van der Waals surface area contributed by atoms with Gasteiger partial charge in [0.1, 0.15) is 0 Å². The molecule has 0 saturated heterocycles. The maximum atomic E-state index is 6.01. The summed E-state index contributed by atoms with van der Waals surface area (Å²) in [4.78, 5) is 0. The van der Waals surface area contributed by atoms with Crippen LogP contribution in [0.3, 0.4) is 0 Å². The fourth-order valence-electron chi connectivity index (χ4n) is 4.34. The average molecular weight is 352 g/mol. The van der Waals surface area contributed by atoms with Crippen LogP contribution in [-0.4, -0.2) is 18.8 Å². The van der Waals surface area contributed by atoms with Gasteiger partial charge in [0.05, 0.1) is 6.10 Å². The predicted octanol–water partition coefficient (Wildman–Crippen LogP) is 4.84. The lowest BCUT2D eigenvalue weighted by molar-refractivity contribution is -0.132. The minimum Gasteiger partial charge on any atom is -0.378 e. The molecule has 2 nitrogen and oxygen atoms in total. The first-order valence-electron chi connectivity index (χ1n) is 8.29. The molecule has 1 N–H and O–H groups in total. The van der Waals surface area contributed by atoms with Gasteiger partial charge in [0.25, 0.3) is 0 Å². The highest BCUT2D eigenvalue weighted by atomic mass is 79.9. The Labute approximate surface area is 136 Å². The molecular weight excluding hydrogens is 326 g/mol. The number of halogens is 1. The fourth-order valence-corrected chi connectivity index (χ4v) is 4.97. The van der Waals surface area contributed by atoms with E-state index >= 15 is 0 Å². The number of ether oxygens (including phenoxy) is 1. The SMILES string of the molecule is CCOC1CC(NC(C)c2ccccc2Br)C12CCCC2. The zero-order valence-electron chi connectivity index (χ0n) is 13.1. The Morgan fingerprint density at radius 1 is 1.33 bits per heavy atom. The molecule has 3 atom stereocenters. The zero-order valence-corrected chi connectivity index (χ0v) is 14.7. The number of hydrogen-bond acceptors (Lipinski definition) is 2. The smallest absolute Gasteiger partial charge is 0.0661 e. The van der Waals surface area contributed by atoms with Gasteiger partial charge in [0.2, 0.25) is 0 Å². The van der Waals surface area contributed by atoms with Crippen LogP contribution < -0.4 is 5.32 Å². The lowest BCUT2D eigenvalue weighted by atomic mass is 9.60. The van der Waals surface area contributed by atoms with Gasteiger partial charge in [0, 0.05) is 28.6 Å². The Bertz CT molecular complexity index is 484. The summed E-state index contributed by atoms with van der Waals surface area (Å²) in [6, 6.07) is 9.52. The number of benzene rings is 1. The molecular formula is C18H26BrNO. The van der Waals surface area contributed by atoms with Crippen LogP contribution in [0.2, 0.25) is 0 Å². The van der Waals surface area contributed by atoms with E-state index in [0.717, 1.165) is 6.61 Å². The van der Waals surface area contributed by atoms with Crippen LogP contribution in [-0.2, 0) is 4.74 Å². The van der Waals surface area contributed by atoms with Crippen molar-refractivity contribution in [3.05, 3.63) is 34.3 Å². The highest BCUT2D eigenvalue weighted by molar-refractivity contribution is 9.10. The summed E-state index contributed by atoms with van der Waals surface area (Å²) in [7, 11) is 0. The molecule has 0 heterocycles. The van der Waals surface area contributed by atoms with Crippen molar-refractivity contribution in [2.45, 2.75) is 64.1 Å². The minimum atomic E-state index is 0.380. The van der Waals surface area contributed by atoms with E-state index in [-0.39, 0.29) is 0 Å². The van der Waals surface area contributed by atoms with Gasteiger partial charge in [-0.2, -0.15) is 0 Å². The molecule has 0 radical (unpaired) electrons. The minimum absolute atomic E-state index is 0.380. The van der Waals surface area contributed by atoms with Gasteiger partial charge in [-0.25, -0.2) is 0 Å². The van der Waals surface area contributed by atoms with Crippen LogP contribution >= 0.6 is 15.9 Å². The van der Waals surface area contributed by atoms with E-state index in [1.54, 1.807) is 0 Å². The van der Waals surface area contributed by atoms with E-state index in [1.165, 1.54) is 42.1 Å². The van der Waals surface area contributed by atoms with Crippen molar-refractivity contribution in [3.8, 4) is 0 Å². The summed E-state index contributed by atoms with van der Waals surface area (Å²) >= 11 is 3.67. The summed E-state index contributed by atoms with van der Waals surface area (Å²) in [5, 5.41) is 3.88. The van der Waals surface area contributed by atoms with Crippen LogP contribution in [0.5, 0.6) is 0 Å². The monoisotopic (exact) mass is 351 g/mol. The van der Waals surface area contributed by atoms with E-state index in [0.29, 0.717) is 23.6 Å². The van der Waals surface area contributed by atoms with Gasteiger partial charge >= 0.3 is 0 Å². The Morgan fingerprint density at radius 3 is 2.71 bits per heavy atom. The van der Waals surface area contributed by atoms with Gasteiger partial charge in [-0.1, -0.05) is 47.0 Å². The van der Waals surface area contributed by atoms with E-state index in [9.17, 15) is 0 Å². The molecule has 2 aliphatic carbocycles. The number of rotatable bonds is 5. The standard InChI is InChI=1S/C18H26BrNO/c1-3-21-17-12-16(18(17)10-6-7-11-18)20-13(2)14-8-4-5-9-15(14)19/h4-5,8-9,13,16-17,20H,3,6-7,10-12H2,1-2H3. The summed E-state index contributed by atoms with van der Waals surface area (Å²) < 4.78 is 7.21. The van der Waals surface area contributed by atoms with E-state index in [4.69, 9.17) is 4.74 Å². The Morgan fingerprint density at radius 2 is 2.05 bits per heavy atom. The molecule has 1 spiro atoms. The van der Waals surface area contributed by atoms with Crippen molar-refractivity contribution < 1.29 is 4.74 Å². The van der Waals surface area contributed by atoms with Crippen LogP contribution in [0.1, 0.15) is 57.6 Å². The zero-order chi connectivity index (χ0) is 14.9. The highest BCUT2D eigenvalue weighted by Crippen LogP contribution is 2.55. The second kappa shape index (κ2) is 6.39. The Balaban J connectivity index is 1.69. The molecule has 3 rings (SSSR count). The summed E-state index contributed by atoms with van der Waals surface area (Å²) in [5.41, 5.74) is 1.76. The molecule has 3 unspecified atom stereocenters. The topological polar surface area (TPSA) is 21.3 Å². The van der Waals surface area contributed by atoms with E-state index < -0.39 is 0 Å². The maximum Gasteiger partial charge on any atom is 0.0661 e. The first kappa shape index (κ1) is 15.5. The molecule has 0 bridgehead atoms. The molecule has 2 aliphatic rings. The third-order valence-electron chi connectivity index (χ3n) is 5.51. The van der Waals surface area contributed by atoms with Crippen molar-refractivity contribution in [2.75, 3.05) is 6.61 Å². The van der Waals surface area contributed by atoms with Gasteiger partial charge in [0.15, 0.2) is 0 Å². The molecule has 3 heteroatoms. The van der Waals surface area contributed by atoms with E-state index in [2.05, 4.69) is 59.4 Å². The molecule has 0 aromatic heterocycles. The quantitative estimate of drug-likeness (QED) is 0.819. The summed E-state index contributed by atoms with van der Waals surface area (Å²) in [6.07, 6.45) is 7.04. The summed E-state index contributed by atoms with van der Waals surface area (Å²) in [6.45, 7) is 5.24. The van der Waals surface area contributed by atoms with Crippen LogP contribution in [0.25, 0.3) is 0 Å². The lowest BCUT2D eigenvalue weighted by Crippen LogP contribution is -2.63. The van der Waals surface area contributed by atoms with Crippen molar-refractivity contribution in [1.29, 1.82) is 0 Å². The van der Waals surface area contributed by atoms with Crippen molar-refractivity contribution in [3.63, 3.8) is 0 Å². The molecule has 0 aliphatic heterocycles. The molecule has 1 aromatic carbocycles. The van der Waals surface area contributed by atoms with Gasteiger partial charge in [-0.15, -0.1) is 0 Å². The Kier molecular flexibility index (Phi) is 4.72. The largest absolute Gasteiger partial charge is 0.378 e. The molecule has 21 heavy (non-hydrogen) atoms. The second-order valence-electron chi connectivity index (χ2n) is 6.58. The van der Waals surface area contributed by atoms with E-state index in [1.807, 2.05) is 0 Å². The van der Waals surface area contributed by atoms with Crippen LogP contribution in [0.4, 0.5) is 0 Å². The van der Waals surface area contributed by atoms with Gasteiger partial charge in [-0.05, 0) is 44.7 Å². The molecule has 2 fully saturated rings. The molecule has 1 aromatic rings. The van der Waals surface area contributed by atoms with Gasteiger partial charge in [-0.3, -0.25) is 0 Å². The molecule has 2 saturated carbocycles. The average Bonchev–Trinajstić information content (AvgIpc) is 2.99. The molecule has 116 valence electrons. The lowest BCUT2D eigenvalue weighted by Gasteiger charge is -2.55. The Hall–Kier alpha value is -0.380. The van der Waals surface area contributed by atoms with Crippen molar-refractivity contribution in [2.24, 2.45) is 5.41 Å².